The molecule has 0 saturated heterocycles. The minimum Gasteiger partial charge on any atom is -0.490 e. The molecule has 2 aromatic carbocycles. The number of benzene rings is 2. The van der Waals surface area contributed by atoms with Crippen LogP contribution in [0.15, 0.2) is 78.5 Å². The first-order chi connectivity index (χ1) is 21.2. The van der Waals surface area contributed by atoms with E-state index in [1.165, 1.54) is 28.0 Å². The molecule has 0 fully saturated rings. The van der Waals surface area contributed by atoms with E-state index < -0.39 is 16.9 Å². The summed E-state index contributed by atoms with van der Waals surface area (Å²) in [5.41, 5.74) is 1.52. The number of fused-ring (bicyclic) bond motifs is 1. The fraction of sp³-hybridized carbons (Fsp3) is 0.258. The van der Waals surface area contributed by atoms with E-state index >= 15 is 0 Å². The number of carbonyl (C=O) groups excluding carboxylic acids is 1. The number of carbonyl (C=O) groups is 1. The third-order valence-corrected chi connectivity index (χ3v) is 8.37. The number of ether oxygens (including phenoxy) is 3. The first-order valence-electron chi connectivity index (χ1n) is 13.8. The van der Waals surface area contributed by atoms with Gasteiger partial charge in [0.1, 0.15) is 11.5 Å². The van der Waals surface area contributed by atoms with Gasteiger partial charge in [-0.1, -0.05) is 17.4 Å². The Morgan fingerprint density at radius 3 is 2.52 bits per heavy atom. The van der Waals surface area contributed by atoms with Crippen molar-refractivity contribution >= 4 is 45.0 Å². The number of esters is 1. The van der Waals surface area contributed by atoms with Crippen LogP contribution >= 0.6 is 27.3 Å². The molecule has 3 heterocycles. The Kier molecular flexibility index (Phi) is 9.16. The topological polar surface area (TPSA) is 135 Å². The quantitative estimate of drug-likeness (QED) is 0.121. The fourth-order valence-electron chi connectivity index (χ4n) is 4.87. The van der Waals surface area contributed by atoms with Crippen LogP contribution in [0.5, 0.6) is 11.5 Å². The predicted octanol–water partition coefficient (Wildman–Crippen LogP) is 5.53. The molecule has 0 unspecified atom stereocenters. The molecule has 0 bridgehead atoms. The van der Waals surface area contributed by atoms with Gasteiger partial charge in [0.15, 0.2) is 16.3 Å². The van der Waals surface area contributed by atoms with Crippen LogP contribution in [-0.4, -0.2) is 35.3 Å². The zero-order valence-corrected chi connectivity index (χ0v) is 26.7. The molecule has 0 saturated carbocycles. The molecule has 4 aromatic rings. The van der Waals surface area contributed by atoms with Crippen LogP contribution in [0.25, 0.3) is 17.4 Å². The van der Waals surface area contributed by atoms with Gasteiger partial charge in [0.25, 0.3) is 11.2 Å². The van der Waals surface area contributed by atoms with Crippen molar-refractivity contribution in [1.82, 2.24) is 4.57 Å². The van der Waals surface area contributed by atoms with Gasteiger partial charge in [-0.05, 0) is 79.5 Å². The van der Waals surface area contributed by atoms with E-state index in [4.69, 9.17) is 18.6 Å². The summed E-state index contributed by atoms with van der Waals surface area (Å²) in [6, 6.07) is 12.3. The largest absolute Gasteiger partial charge is 0.490 e. The number of hydrogen-bond acceptors (Lipinski definition) is 10. The van der Waals surface area contributed by atoms with Gasteiger partial charge >= 0.3 is 5.97 Å². The second-order valence-electron chi connectivity index (χ2n) is 9.50. The summed E-state index contributed by atoms with van der Waals surface area (Å²) >= 11 is 4.54. The molecule has 2 aromatic heterocycles. The third kappa shape index (κ3) is 5.97. The first kappa shape index (κ1) is 31.0. The molecule has 0 spiro atoms. The number of rotatable bonds is 10. The highest BCUT2D eigenvalue weighted by Crippen LogP contribution is 2.37. The van der Waals surface area contributed by atoms with Crippen LogP contribution < -0.4 is 24.4 Å². The number of allylic oxidation sites excluding steroid dienone is 1. The van der Waals surface area contributed by atoms with E-state index in [0.29, 0.717) is 66.9 Å². The lowest BCUT2D eigenvalue weighted by Gasteiger charge is -2.25. The minimum absolute atomic E-state index is 0.0542. The maximum atomic E-state index is 14.0. The van der Waals surface area contributed by atoms with Gasteiger partial charge in [-0.3, -0.25) is 19.5 Å². The molecule has 1 aliphatic heterocycles. The van der Waals surface area contributed by atoms with Crippen LogP contribution in [0.4, 0.5) is 5.69 Å². The van der Waals surface area contributed by atoms with Crippen LogP contribution in [-0.2, 0) is 9.53 Å². The Balaban J connectivity index is 1.63. The van der Waals surface area contributed by atoms with E-state index in [0.717, 1.165) is 0 Å². The SMILES string of the molecule is CCOC(=O)C1=C(C)N=c2s/c(=C\c3ccc(-c4ccc([N+](=O)[O-])cc4Br)o3)c(=O)n2[C@H]1c1ccc(OCC)c(OCC)c1. The Bertz CT molecular complexity index is 1970. The summed E-state index contributed by atoms with van der Waals surface area (Å²) in [5.74, 6) is 1.34. The standard InChI is InChI=1S/C31H28BrN3O8S/c1-5-40-24-12-8-18(14-25(24)41-6-2)28-27(30(37)42-7-3)17(4)33-31-34(28)29(36)26(44-31)16-20-10-13-23(43-20)21-11-9-19(35(38)39)15-22(21)32/h8-16,28H,5-7H2,1-4H3/b26-16-/t28-/m0/s1. The maximum Gasteiger partial charge on any atom is 0.338 e. The Hall–Kier alpha value is -4.49. The summed E-state index contributed by atoms with van der Waals surface area (Å²) in [7, 11) is 0. The lowest BCUT2D eigenvalue weighted by Crippen LogP contribution is -2.40. The number of hydrogen-bond donors (Lipinski definition) is 0. The molecular formula is C31H28BrN3O8S. The monoisotopic (exact) mass is 681 g/mol. The number of non-ortho nitro benzene ring substituents is 1. The van der Waals surface area contributed by atoms with Crippen LogP contribution in [0, 0.1) is 10.1 Å². The van der Waals surface area contributed by atoms with Gasteiger partial charge in [0, 0.05) is 28.2 Å². The van der Waals surface area contributed by atoms with Gasteiger partial charge in [-0.25, -0.2) is 9.79 Å². The molecular weight excluding hydrogens is 654 g/mol. The van der Waals surface area contributed by atoms with E-state index in [1.807, 2.05) is 13.8 Å². The molecule has 11 nitrogen and oxygen atoms in total. The highest BCUT2D eigenvalue weighted by atomic mass is 79.9. The molecule has 0 N–H and O–H groups in total. The van der Waals surface area contributed by atoms with Gasteiger partial charge in [-0.2, -0.15) is 0 Å². The van der Waals surface area contributed by atoms with E-state index in [1.54, 1.807) is 56.3 Å². The molecule has 1 aliphatic rings. The number of halogens is 1. The molecule has 13 heteroatoms. The van der Waals surface area contributed by atoms with Gasteiger partial charge in [0.05, 0.1) is 46.6 Å². The Morgan fingerprint density at radius 1 is 1.09 bits per heavy atom. The van der Waals surface area contributed by atoms with Gasteiger partial charge in [-0.15, -0.1) is 0 Å². The Morgan fingerprint density at radius 2 is 1.84 bits per heavy atom. The lowest BCUT2D eigenvalue weighted by atomic mass is 9.95. The number of nitrogens with zero attached hydrogens (tertiary/aromatic N) is 3. The average molecular weight is 683 g/mol. The molecule has 1 atom stereocenters. The maximum absolute atomic E-state index is 14.0. The molecule has 228 valence electrons. The van der Waals surface area contributed by atoms with Crippen molar-refractivity contribution in [3.63, 3.8) is 0 Å². The minimum atomic E-state index is -0.828. The van der Waals surface area contributed by atoms with E-state index in [9.17, 15) is 19.7 Å². The zero-order chi connectivity index (χ0) is 31.5. The second-order valence-corrected chi connectivity index (χ2v) is 11.4. The summed E-state index contributed by atoms with van der Waals surface area (Å²) in [4.78, 5) is 42.9. The zero-order valence-electron chi connectivity index (χ0n) is 24.3. The van der Waals surface area contributed by atoms with Crippen LogP contribution in [0.2, 0.25) is 0 Å². The number of aromatic nitrogens is 1. The van der Waals surface area contributed by atoms with Crippen molar-refractivity contribution in [3.8, 4) is 22.8 Å². The molecule has 0 radical (unpaired) electrons. The molecule has 0 amide bonds. The van der Waals surface area contributed by atoms with Gasteiger partial charge < -0.3 is 18.6 Å². The van der Waals surface area contributed by atoms with Crippen LogP contribution in [0.3, 0.4) is 0 Å². The summed E-state index contributed by atoms with van der Waals surface area (Å²) in [6.07, 6.45) is 1.61. The Labute approximate surface area is 264 Å². The van der Waals surface area contributed by atoms with Crippen molar-refractivity contribution in [2.45, 2.75) is 33.7 Å². The fourth-order valence-corrected chi connectivity index (χ4v) is 6.46. The molecule has 44 heavy (non-hydrogen) atoms. The van der Waals surface area contributed by atoms with Crippen molar-refractivity contribution in [1.29, 1.82) is 0 Å². The number of nitro benzene ring substituents is 1. The number of nitro groups is 1. The van der Waals surface area contributed by atoms with Crippen molar-refractivity contribution in [2.75, 3.05) is 19.8 Å². The highest BCUT2D eigenvalue weighted by molar-refractivity contribution is 9.10. The summed E-state index contributed by atoms with van der Waals surface area (Å²) in [6.45, 7) is 8.17. The second kappa shape index (κ2) is 13.0. The van der Waals surface area contributed by atoms with Gasteiger partial charge in [0.2, 0.25) is 0 Å². The predicted molar refractivity (Wildman–Crippen MR) is 168 cm³/mol. The van der Waals surface area contributed by atoms with Crippen molar-refractivity contribution in [2.24, 2.45) is 4.99 Å². The summed E-state index contributed by atoms with van der Waals surface area (Å²) in [5, 5.41) is 11.1. The van der Waals surface area contributed by atoms with Crippen molar-refractivity contribution in [3.05, 3.63) is 105 Å². The number of thiazole rings is 1. The average Bonchev–Trinajstić information content (AvgIpc) is 3.57. The molecule has 5 rings (SSSR count). The smallest absolute Gasteiger partial charge is 0.338 e. The summed E-state index contributed by atoms with van der Waals surface area (Å²) < 4.78 is 25.3. The van der Waals surface area contributed by atoms with Crippen LogP contribution in [0.1, 0.15) is 45.1 Å². The van der Waals surface area contributed by atoms with Crippen molar-refractivity contribution < 1.29 is 28.3 Å². The lowest BCUT2D eigenvalue weighted by molar-refractivity contribution is -0.384. The van der Waals surface area contributed by atoms with E-state index in [2.05, 4.69) is 20.9 Å². The highest BCUT2D eigenvalue weighted by Gasteiger charge is 2.34. The number of furan rings is 1. The normalized spacial score (nSPS) is 14.7. The van der Waals surface area contributed by atoms with E-state index in [-0.39, 0.29) is 23.4 Å². The third-order valence-electron chi connectivity index (χ3n) is 6.73. The first-order valence-corrected chi connectivity index (χ1v) is 15.4. The molecule has 0 aliphatic carbocycles.